The number of aliphatic hydroxyl groups is 2. The molecular weight excluding hydrogens is 375 g/mol. The number of pyridine rings is 1. The van der Waals surface area contributed by atoms with Gasteiger partial charge in [-0.3, -0.25) is 9.36 Å². The number of fused-ring (bicyclic) bond motifs is 1. The molecule has 8 heteroatoms. The molecule has 0 spiro atoms. The largest absolute Gasteiger partial charge is 0.394 e. The van der Waals surface area contributed by atoms with Gasteiger partial charge in [0.15, 0.2) is 0 Å². The predicted octanol–water partition coefficient (Wildman–Crippen LogP) is 2.72. The average molecular weight is 400 g/mol. The number of hydrogen-bond donors (Lipinski definition) is 3. The van der Waals surface area contributed by atoms with Crippen molar-refractivity contribution in [2.75, 3.05) is 18.5 Å². The van der Waals surface area contributed by atoms with E-state index in [2.05, 4.69) is 15.3 Å². The van der Waals surface area contributed by atoms with Crippen molar-refractivity contribution >= 4 is 17.0 Å². The van der Waals surface area contributed by atoms with Crippen molar-refractivity contribution in [2.24, 2.45) is 0 Å². The molecule has 0 aliphatic heterocycles. The molecule has 3 N–H and O–H groups in total. The highest BCUT2D eigenvalue weighted by Gasteiger charge is 2.20. The zero-order valence-electron chi connectivity index (χ0n) is 16.5. The molecule has 0 unspecified atom stereocenters. The van der Waals surface area contributed by atoms with E-state index in [-0.39, 0.29) is 36.3 Å². The summed E-state index contributed by atoms with van der Waals surface area (Å²) >= 11 is 0. The zero-order chi connectivity index (χ0) is 21.0. The molecule has 7 nitrogen and oxygen atoms in total. The van der Waals surface area contributed by atoms with Crippen LogP contribution in [0.4, 0.5) is 10.3 Å². The van der Waals surface area contributed by atoms with E-state index in [0.29, 0.717) is 16.7 Å². The molecule has 29 heavy (non-hydrogen) atoms. The first-order valence-electron chi connectivity index (χ1n) is 9.70. The van der Waals surface area contributed by atoms with Crippen LogP contribution in [0.25, 0.3) is 22.3 Å². The summed E-state index contributed by atoms with van der Waals surface area (Å²) in [6, 6.07) is 8.56. The van der Waals surface area contributed by atoms with Crippen molar-refractivity contribution in [2.45, 2.75) is 38.8 Å². The average Bonchev–Trinajstić information content (AvgIpc) is 2.74. The summed E-state index contributed by atoms with van der Waals surface area (Å²) in [6.45, 7) is 3.32. The summed E-state index contributed by atoms with van der Waals surface area (Å²) < 4.78 is 16.2. The molecule has 154 valence electrons. The minimum atomic E-state index is -0.682. The standard InChI is InChI=1S/C21H25FN4O3/c1-3-14(4-2)26-18(29)10-9-16-19(15-7-5-6-8-17(15)22)24-21(25-20(16)26)23-13(11-27)12-28/h5-10,13-14,27-28H,3-4,11-12H2,1-2H3,(H,23,24,25). The first-order valence-corrected chi connectivity index (χ1v) is 9.70. The molecule has 0 bridgehead atoms. The van der Waals surface area contributed by atoms with E-state index >= 15 is 0 Å². The predicted molar refractivity (Wildman–Crippen MR) is 110 cm³/mol. The van der Waals surface area contributed by atoms with Gasteiger partial charge < -0.3 is 15.5 Å². The fourth-order valence-corrected chi connectivity index (χ4v) is 3.40. The maximum Gasteiger partial charge on any atom is 0.252 e. The summed E-state index contributed by atoms with van der Waals surface area (Å²) in [4.78, 5) is 21.6. The van der Waals surface area contributed by atoms with Crippen molar-refractivity contribution in [1.29, 1.82) is 0 Å². The van der Waals surface area contributed by atoms with Gasteiger partial charge in [0.25, 0.3) is 5.56 Å². The molecule has 2 aromatic heterocycles. The SMILES string of the molecule is CCC(CC)n1c(=O)ccc2c(-c3ccccc3F)nc(NC(CO)CO)nc21. The van der Waals surface area contributed by atoms with E-state index in [9.17, 15) is 19.4 Å². The van der Waals surface area contributed by atoms with Crippen LogP contribution in [0.15, 0.2) is 41.2 Å². The van der Waals surface area contributed by atoms with Crippen LogP contribution < -0.4 is 10.9 Å². The maximum absolute atomic E-state index is 14.6. The molecule has 0 atom stereocenters. The van der Waals surface area contributed by atoms with Gasteiger partial charge in [0.05, 0.1) is 24.9 Å². The molecule has 3 aromatic rings. The van der Waals surface area contributed by atoms with Crippen LogP contribution in [0, 0.1) is 5.82 Å². The number of benzene rings is 1. The van der Waals surface area contributed by atoms with E-state index in [4.69, 9.17) is 0 Å². The number of rotatable bonds is 8. The third-order valence-electron chi connectivity index (χ3n) is 4.99. The smallest absolute Gasteiger partial charge is 0.252 e. The Hall–Kier alpha value is -2.84. The third kappa shape index (κ3) is 4.13. The highest BCUT2D eigenvalue weighted by Crippen LogP contribution is 2.30. The molecule has 0 saturated heterocycles. The van der Waals surface area contributed by atoms with E-state index < -0.39 is 11.9 Å². The molecule has 0 amide bonds. The maximum atomic E-state index is 14.6. The van der Waals surface area contributed by atoms with Crippen LogP contribution in [-0.4, -0.2) is 44.0 Å². The molecule has 0 aliphatic rings. The van der Waals surface area contributed by atoms with Gasteiger partial charge in [0.1, 0.15) is 11.5 Å². The van der Waals surface area contributed by atoms with Crippen molar-refractivity contribution < 1.29 is 14.6 Å². The van der Waals surface area contributed by atoms with E-state index in [1.54, 1.807) is 28.8 Å². The highest BCUT2D eigenvalue weighted by atomic mass is 19.1. The van der Waals surface area contributed by atoms with Crippen LogP contribution in [-0.2, 0) is 0 Å². The van der Waals surface area contributed by atoms with Gasteiger partial charge in [0.2, 0.25) is 5.95 Å². The molecule has 0 saturated carbocycles. The third-order valence-corrected chi connectivity index (χ3v) is 4.99. The van der Waals surface area contributed by atoms with Gasteiger partial charge in [0, 0.05) is 23.1 Å². The lowest BCUT2D eigenvalue weighted by molar-refractivity contribution is 0.203. The molecule has 0 fully saturated rings. The van der Waals surface area contributed by atoms with Crippen molar-refractivity contribution in [3.8, 4) is 11.3 Å². The Bertz CT molecular complexity index is 1050. The Labute approximate surface area is 167 Å². The molecule has 0 aliphatic carbocycles. The quantitative estimate of drug-likeness (QED) is 0.538. The molecule has 1 aromatic carbocycles. The van der Waals surface area contributed by atoms with Gasteiger partial charge in [-0.25, -0.2) is 9.37 Å². The molecule has 0 radical (unpaired) electrons. The van der Waals surface area contributed by atoms with Gasteiger partial charge in [-0.2, -0.15) is 4.98 Å². The number of aromatic nitrogens is 3. The van der Waals surface area contributed by atoms with Crippen molar-refractivity contribution in [1.82, 2.24) is 14.5 Å². The number of nitrogens with zero attached hydrogens (tertiary/aromatic N) is 3. The number of aliphatic hydroxyl groups excluding tert-OH is 2. The van der Waals surface area contributed by atoms with Crippen molar-refractivity contribution in [3.63, 3.8) is 0 Å². The lowest BCUT2D eigenvalue weighted by Crippen LogP contribution is -2.29. The number of anilines is 1. The van der Waals surface area contributed by atoms with Crippen LogP contribution in [0.2, 0.25) is 0 Å². The number of nitrogens with one attached hydrogen (secondary N) is 1. The van der Waals surface area contributed by atoms with Crippen LogP contribution >= 0.6 is 0 Å². The van der Waals surface area contributed by atoms with Gasteiger partial charge in [-0.15, -0.1) is 0 Å². The minimum Gasteiger partial charge on any atom is -0.394 e. The molecule has 2 heterocycles. The second-order valence-electron chi connectivity index (χ2n) is 6.83. The fourth-order valence-electron chi connectivity index (χ4n) is 3.40. The minimum absolute atomic E-state index is 0.0751. The van der Waals surface area contributed by atoms with Crippen LogP contribution in [0.3, 0.4) is 0 Å². The Morgan fingerprint density at radius 3 is 2.38 bits per heavy atom. The van der Waals surface area contributed by atoms with Gasteiger partial charge in [-0.05, 0) is 31.0 Å². The highest BCUT2D eigenvalue weighted by molar-refractivity contribution is 5.91. The molecular formula is C21H25FN4O3. The summed E-state index contributed by atoms with van der Waals surface area (Å²) in [5, 5.41) is 22.2. The van der Waals surface area contributed by atoms with E-state index in [1.807, 2.05) is 13.8 Å². The zero-order valence-corrected chi connectivity index (χ0v) is 16.5. The first kappa shape index (κ1) is 20.9. The van der Waals surface area contributed by atoms with E-state index in [0.717, 1.165) is 12.8 Å². The Kier molecular flexibility index (Phi) is 6.56. The Morgan fingerprint density at radius 2 is 1.76 bits per heavy atom. The summed E-state index contributed by atoms with van der Waals surface area (Å²) in [5.74, 6) is -0.339. The fraction of sp³-hybridized carbons (Fsp3) is 0.381. The lowest BCUT2D eigenvalue weighted by Gasteiger charge is -2.21. The lowest BCUT2D eigenvalue weighted by atomic mass is 10.1. The number of halogens is 1. The normalized spacial score (nSPS) is 11.6. The summed E-state index contributed by atoms with van der Waals surface area (Å²) in [5.41, 5.74) is 0.806. The van der Waals surface area contributed by atoms with E-state index in [1.165, 1.54) is 12.1 Å². The Morgan fingerprint density at radius 1 is 1.07 bits per heavy atom. The van der Waals surface area contributed by atoms with Gasteiger partial charge in [-0.1, -0.05) is 26.0 Å². The monoisotopic (exact) mass is 400 g/mol. The van der Waals surface area contributed by atoms with Gasteiger partial charge >= 0.3 is 0 Å². The van der Waals surface area contributed by atoms with Crippen LogP contribution in [0.1, 0.15) is 32.7 Å². The summed E-state index contributed by atoms with van der Waals surface area (Å²) in [7, 11) is 0. The summed E-state index contributed by atoms with van der Waals surface area (Å²) in [6.07, 6.45) is 1.46. The number of hydrogen-bond acceptors (Lipinski definition) is 6. The van der Waals surface area contributed by atoms with Crippen LogP contribution in [0.5, 0.6) is 0 Å². The second kappa shape index (κ2) is 9.11. The first-order chi connectivity index (χ1) is 14.0. The topological polar surface area (TPSA) is 100 Å². The Balaban J connectivity index is 2.35. The van der Waals surface area contributed by atoms with Crippen molar-refractivity contribution in [3.05, 3.63) is 52.6 Å². The molecule has 3 rings (SSSR count). The second-order valence-corrected chi connectivity index (χ2v) is 6.83.